The topological polar surface area (TPSA) is 104 Å². The highest BCUT2D eigenvalue weighted by atomic mass is 16.3. The summed E-state index contributed by atoms with van der Waals surface area (Å²) in [4.78, 5) is 48.2. The molecule has 7 heteroatoms. The Hall–Kier alpha value is -2.54. The summed E-state index contributed by atoms with van der Waals surface area (Å²) in [6.07, 6.45) is -1.70. The molecule has 4 amide bonds. The largest absolute Gasteiger partial charge is 0.383 e. The summed E-state index contributed by atoms with van der Waals surface area (Å²) < 4.78 is 0. The fourth-order valence-electron chi connectivity index (χ4n) is 2.43. The molecule has 2 aliphatic heterocycles. The standard InChI is InChI=1S/C13H10N2O5/c16-9-5-8(10(17)14-11(9)18)15-12(19)6-3-1-2-4-7(6)13(15)20/h1-4,8-9,16H,5H2,(H,14,17,18)/t8?,9-/m0/s1. The zero-order valence-electron chi connectivity index (χ0n) is 10.2. The Morgan fingerprint density at radius 2 is 1.55 bits per heavy atom. The molecule has 3 rings (SSSR count). The summed E-state index contributed by atoms with van der Waals surface area (Å²) in [5.41, 5.74) is 0.438. The Morgan fingerprint density at radius 1 is 1.00 bits per heavy atom. The molecule has 0 radical (unpaired) electrons. The van der Waals surface area contributed by atoms with Crippen LogP contribution in [0.15, 0.2) is 24.3 Å². The van der Waals surface area contributed by atoms with Gasteiger partial charge in [-0.15, -0.1) is 0 Å². The lowest BCUT2D eigenvalue weighted by Crippen LogP contribution is -2.58. The van der Waals surface area contributed by atoms with Gasteiger partial charge >= 0.3 is 0 Å². The molecule has 7 nitrogen and oxygen atoms in total. The lowest BCUT2D eigenvalue weighted by molar-refractivity contribution is -0.143. The van der Waals surface area contributed by atoms with Crippen molar-refractivity contribution in [2.45, 2.75) is 18.6 Å². The number of hydrogen-bond acceptors (Lipinski definition) is 5. The lowest BCUT2D eigenvalue weighted by Gasteiger charge is -2.30. The van der Waals surface area contributed by atoms with E-state index in [4.69, 9.17) is 0 Å². The summed E-state index contributed by atoms with van der Waals surface area (Å²) in [5.74, 6) is -2.75. The fraction of sp³-hybridized carbons (Fsp3) is 0.231. The van der Waals surface area contributed by atoms with E-state index >= 15 is 0 Å². The number of amides is 4. The van der Waals surface area contributed by atoms with Crippen LogP contribution in [0.5, 0.6) is 0 Å². The van der Waals surface area contributed by atoms with Gasteiger partial charge in [-0.2, -0.15) is 0 Å². The van der Waals surface area contributed by atoms with Gasteiger partial charge in [0.25, 0.3) is 17.7 Å². The van der Waals surface area contributed by atoms with Gasteiger partial charge in [-0.05, 0) is 12.1 Å². The maximum Gasteiger partial charge on any atom is 0.262 e. The monoisotopic (exact) mass is 274 g/mol. The molecule has 2 atom stereocenters. The highest BCUT2D eigenvalue weighted by Gasteiger charge is 2.46. The summed E-state index contributed by atoms with van der Waals surface area (Å²) in [7, 11) is 0. The number of rotatable bonds is 1. The highest BCUT2D eigenvalue weighted by Crippen LogP contribution is 2.27. The number of aliphatic hydroxyl groups excluding tert-OH is 1. The van der Waals surface area contributed by atoms with E-state index < -0.39 is 35.8 Å². The van der Waals surface area contributed by atoms with Crippen molar-refractivity contribution in [3.63, 3.8) is 0 Å². The Morgan fingerprint density at radius 3 is 2.10 bits per heavy atom. The number of imide groups is 2. The van der Waals surface area contributed by atoms with Crippen LogP contribution in [0.4, 0.5) is 0 Å². The van der Waals surface area contributed by atoms with Crippen LogP contribution in [0.25, 0.3) is 0 Å². The van der Waals surface area contributed by atoms with E-state index in [1.54, 1.807) is 12.1 Å². The van der Waals surface area contributed by atoms with Crippen molar-refractivity contribution in [2.75, 3.05) is 0 Å². The number of benzene rings is 1. The minimum absolute atomic E-state index is 0.219. The Labute approximate surface area is 113 Å². The number of carbonyl (C=O) groups is 4. The normalized spacial score (nSPS) is 25.8. The average Bonchev–Trinajstić information content (AvgIpc) is 2.68. The van der Waals surface area contributed by atoms with Gasteiger partial charge in [-0.1, -0.05) is 12.1 Å². The van der Waals surface area contributed by atoms with Crippen molar-refractivity contribution < 1.29 is 24.3 Å². The molecule has 0 spiro atoms. The van der Waals surface area contributed by atoms with Crippen LogP contribution in [0, 0.1) is 0 Å². The lowest BCUT2D eigenvalue weighted by atomic mass is 10.0. The molecule has 102 valence electrons. The van der Waals surface area contributed by atoms with E-state index in [9.17, 15) is 24.3 Å². The van der Waals surface area contributed by atoms with E-state index in [1.807, 2.05) is 5.32 Å². The Kier molecular flexibility index (Phi) is 2.65. The first kappa shape index (κ1) is 12.5. The van der Waals surface area contributed by atoms with Gasteiger partial charge in [0.1, 0.15) is 12.1 Å². The average molecular weight is 274 g/mol. The maximum absolute atomic E-state index is 12.2. The van der Waals surface area contributed by atoms with Gasteiger partial charge in [0.2, 0.25) is 5.91 Å². The van der Waals surface area contributed by atoms with Crippen molar-refractivity contribution in [1.29, 1.82) is 0 Å². The van der Waals surface area contributed by atoms with Gasteiger partial charge in [0, 0.05) is 6.42 Å². The first-order chi connectivity index (χ1) is 9.50. The number of hydrogen-bond donors (Lipinski definition) is 2. The fourth-order valence-corrected chi connectivity index (χ4v) is 2.43. The van der Waals surface area contributed by atoms with Crippen LogP contribution in [0.1, 0.15) is 27.1 Å². The molecule has 20 heavy (non-hydrogen) atoms. The zero-order chi connectivity index (χ0) is 14.4. The van der Waals surface area contributed by atoms with Gasteiger partial charge in [-0.25, -0.2) is 0 Å². The number of nitrogens with one attached hydrogen (secondary N) is 1. The van der Waals surface area contributed by atoms with Crippen molar-refractivity contribution in [3.8, 4) is 0 Å². The molecule has 0 saturated carbocycles. The molecule has 1 aromatic carbocycles. The van der Waals surface area contributed by atoms with Gasteiger partial charge in [-0.3, -0.25) is 29.4 Å². The molecular weight excluding hydrogens is 264 g/mol. The van der Waals surface area contributed by atoms with E-state index in [1.165, 1.54) is 12.1 Å². The Bertz CT molecular complexity index is 619. The predicted molar refractivity (Wildman–Crippen MR) is 64.5 cm³/mol. The molecule has 1 saturated heterocycles. The predicted octanol–water partition coefficient (Wildman–Crippen LogP) is -0.941. The van der Waals surface area contributed by atoms with Gasteiger partial charge < -0.3 is 5.11 Å². The molecule has 1 aromatic rings. The molecule has 2 heterocycles. The molecule has 2 aliphatic rings. The molecule has 1 unspecified atom stereocenters. The van der Waals surface area contributed by atoms with Crippen molar-refractivity contribution in [2.24, 2.45) is 0 Å². The number of aliphatic hydroxyl groups is 1. The quantitative estimate of drug-likeness (QED) is 0.643. The van der Waals surface area contributed by atoms with Crippen molar-refractivity contribution in [1.82, 2.24) is 10.2 Å². The van der Waals surface area contributed by atoms with Crippen LogP contribution in [-0.4, -0.2) is 45.8 Å². The van der Waals surface area contributed by atoms with Gasteiger partial charge in [0.05, 0.1) is 11.1 Å². The Balaban J connectivity index is 1.97. The third kappa shape index (κ3) is 1.64. The molecule has 0 aliphatic carbocycles. The molecule has 2 N–H and O–H groups in total. The first-order valence-corrected chi connectivity index (χ1v) is 6.00. The second-order valence-corrected chi connectivity index (χ2v) is 4.65. The van der Waals surface area contributed by atoms with Crippen molar-refractivity contribution in [3.05, 3.63) is 35.4 Å². The SMILES string of the molecule is O=C1NC(=O)[C@@H](O)CC1N1C(=O)c2ccccc2C1=O. The zero-order valence-corrected chi connectivity index (χ0v) is 10.2. The summed E-state index contributed by atoms with van der Waals surface area (Å²) in [6.45, 7) is 0. The third-order valence-corrected chi connectivity index (χ3v) is 3.44. The molecule has 0 aromatic heterocycles. The van der Waals surface area contributed by atoms with E-state index in [2.05, 4.69) is 0 Å². The van der Waals surface area contributed by atoms with Gasteiger partial charge in [0.15, 0.2) is 0 Å². The number of fused-ring (bicyclic) bond motifs is 1. The second-order valence-electron chi connectivity index (χ2n) is 4.65. The van der Waals surface area contributed by atoms with Crippen LogP contribution in [0.3, 0.4) is 0 Å². The summed E-state index contributed by atoms with van der Waals surface area (Å²) >= 11 is 0. The third-order valence-electron chi connectivity index (χ3n) is 3.44. The van der Waals surface area contributed by atoms with Crippen LogP contribution in [0.2, 0.25) is 0 Å². The maximum atomic E-state index is 12.2. The smallest absolute Gasteiger partial charge is 0.262 e. The van der Waals surface area contributed by atoms with E-state index in [-0.39, 0.29) is 17.5 Å². The number of carbonyl (C=O) groups excluding carboxylic acids is 4. The van der Waals surface area contributed by atoms with Crippen LogP contribution >= 0.6 is 0 Å². The number of piperidine rings is 1. The van der Waals surface area contributed by atoms with E-state index in [0.29, 0.717) is 0 Å². The molecular formula is C13H10N2O5. The first-order valence-electron chi connectivity index (χ1n) is 6.00. The second kappa shape index (κ2) is 4.24. The molecule has 0 bridgehead atoms. The summed E-state index contributed by atoms with van der Waals surface area (Å²) in [5, 5.41) is 11.5. The van der Waals surface area contributed by atoms with E-state index in [0.717, 1.165) is 4.90 Å². The highest BCUT2D eigenvalue weighted by molar-refractivity contribution is 6.23. The van der Waals surface area contributed by atoms with Crippen LogP contribution < -0.4 is 5.32 Å². The molecule has 1 fully saturated rings. The van der Waals surface area contributed by atoms with Crippen molar-refractivity contribution >= 4 is 23.6 Å². The minimum atomic E-state index is -1.41. The minimum Gasteiger partial charge on any atom is -0.383 e. The van der Waals surface area contributed by atoms with Crippen LogP contribution in [-0.2, 0) is 9.59 Å². The summed E-state index contributed by atoms with van der Waals surface area (Å²) in [6, 6.07) is 5.06. The number of nitrogens with zero attached hydrogens (tertiary/aromatic N) is 1.